The summed E-state index contributed by atoms with van der Waals surface area (Å²) in [7, 11) is 0. The largest absolute Gasteiger partial charge is 0.461 e. The lowest BCUT2D eigenvalue weighted by Gasteiger charge is -2.32. The molecule has 2 rings (SSSR count). The van der Waals surface area contributed by atoms with Crippen LogP contribution in [0.5, 0.6) is 0 Å². The third-order valence-electron chi connectivity index (χ3n) is 2.78. The minimum Gasteiger partial charge on any atom is -0.461 e. The zero-order chi connectivity index (χ0) is 10.7. The maximum atomic E-state index is 11.8. The van der Waals surface area contributed by atoms with Crippen molar-refractivity contribution in [1.29, 1.82) is 0 Å². The van der Waals surface area contributed by atoms with Crippen molar-refractivity contribution >= 4 is 5.78 Å². The molecular formula is C11H16N2O2. The molecule has 15 heavy (non-hydrogen) atoms. The highest BCUT2D eigenvalue weighted by atomic mass is 16.3. The molecule has 0 aromatic carbocycles. The molecule has 1 fully saturated rings. The van der Waals surface area contributed by atoms with E-state index < -0.39 is 0 Å². The smallest absolute Gasteiger partial charge is 0.211 e. The number of carbonyl (C=O) groups is 1. The van der Waals surface area contributed by atoms with Gasteiger partial charge in [-0.1, -0.05) is 0 Å². The molecule has 4 nitrogen and oxygen atoms in total. The van der Waals surface area contributed by atoms with E-state index in [0.29, 0.717) is 18.3 Å². The van der Waals surface area contributed by atoms with E-state index in [0.717, 1.165) is 19.6 Å². The van der Waals surface area contributed by atoms with Crippen molar-refractivity contribution in [3.8, 4) is 0 Å². The van der Waals surface area contributed by atoms with Crippen molar-refractivity contribution in [1.82, 2.24) is 10.2 Å². The van der Waals surface area contributed by atoms with Gasteiger partial charge in [0.05, 0.1) is 12.8 Å². The number of ketones is 1. The number of nitrogens with one attached hydrogen (secondary N) is 1. The molecule has 0 radical (unpaired) electrons. The summed E-state index contributed by atoms with van der Waals surface area (Å²) in [5.74, 6) is 0.523. The van der Waals surface area contributed by atoms with E-state index in [4.69, 9.17) is 4.42 Å². The Morgan fingerprint density at radius 1 is 1.73 bits per heavy atom. The van der Waals surface area contributed by atoms with Gasteiger partial charge in [-0.05, 0) is 19.1 Å². The Kier molecular flexibility index (Phi) is 3.18. The predicted octanol–water partition coefficient (Wildman–Crippen LogP) is 0.756. The van der Waals surface area contributed by atoms with E-state index in [2.05, 4.69) is 17.1 Å². The Bertz CT molecular complexity index is 321. The van der Waals surface area contributed by atoms with Gasteiger partial charge in [-0.3, -0.25) is 9.69 Å². The van der Waals surface area contributed by atoms with Crippen LogP contribution in [0.2, 0.25) is 0 Å². The van der Waals surface area contributed by atoms with E-state index in [9.17, 15) is 4.79 Å². The number of hydrogen-bond acceptors (Lipinski definition) is 4. The van der Waals surface area contributed by atoms with Gasteiger partial charge in [0.1, 0.15) is 0 Å². The van der Waals surface area contributed by atoms with Gasteiger partial charge in [0.25, 0.3) is 0 Å². The summed E-state index contributed by atoms with van der Waals surface area (Å²) in [6, 6.07) is 3.88. The average Bonchev–Trinajstić information content (AvgIpc) is 2.74. The van der Waals surface area contributed by atoms with Gasteiger partial charge in [-0.2, -0.15) is 0 Å². The van der Waals surface area contributed by atoms with E-state index >= 15 is 0 Å². The maximum absolute atomic E-state index is 11.8. The maximum Gasteiger partial charge on any atom is 0.211 e. The molecule has 0 aliphatic carbocycles. The van der Waals surface area contributed by atoms with Crippen LogP contribution in [-0.4, -0.2) is 42.9 Å². The van der Waals surface area contributed by atoms with Crippen molar-refractivity contribution in [3.63, 3.8) is 0 Å². The summed E-state index contributed by atoms with van der Waals surface area (Å²) >= 11 is 0. The monoisotopic (exact) mass is 208 g/mol. The molecule has 4 heteroatoms. The third-order valence-corrected chi connectivity index (χ3v) is 2.78. The Balaban J connectivity index is 1.93. The second-order valence-corrected chi connectivity index (χ2v) is 3.92. The van der Waals surface area contributed by atoms with Gasteiger partial charge >= 0.3 is 0 Å². The number of piperazine rings is 1. The molecule has 1 aliphatic heterocycles. The highest BCUT2D eigenvalue weighted by Crippen LogP contribution is 2.07. The van der Waals surface area contributed by atoms with Crippen LogP contribution in [0, 0.1) is 0 Å². The van der Waals surface area contributed by atoms with Crippen LogP contribution >= 0.6 is 0 Å². The molecule has 1 atom stereocenters. The summed E-state index contributed by atoms with van der Waals surface area (Å²) in [4.78, 5) is 13.9. The zero-order valence-electron chi connectivity index (χ0n) is 8.90. The fourth-order valence-electron chi connectivity index (χ4n) is 1.82. The topological polar surface area (TPSA) is 45.5 Å². The van der Waals surface area contributed by atoms with E-state index in [1.165, 1.54) is 6.26 Å². The Morgan fingerprint density at radius 3 is 3.27 bits per heavy atom. The lowest BCUT2D eigenvalue weighted by molar-refractivity contribution is 0.0848. The normalized spacial score (nSPS) is 22.9. The number of Topliss-reactive ketones (excluding diaryl/α,β-unsaturated/α-hetero) is 1. The van der Waals surface area contributed by atoms with Gasteiger partial charge in [0, 0.05) is 25.7 Å². The first-order valence-corrected chi connectivity index (χ1v) is 5.29. The Morgan fingerprint density at radius 2 is 2.60 bits per heavy atom. The highest BCUT2D eigenvalue weighted by Gasteiger charge is 2.21. The molecule has 1 N–H and O–H groups in total. The molecule has 0 amide bonds. The van der Waals surface area contributed by atoms with E-state index in [-0.39, 0.29) is 5.78 Å². The number of nitrogens with zero attached hydrogens (tertiary/aromatic N) is 1. The van der Waals surface area contributed by atoms with Gasteiger partial charge in [0.15, 0.2) is 5.76 Å². The van der Waals surface area contributed by atoms with Gasteiger partial charge < -0.3 is 9.73 Å². The van der Waals surface area contributed by atoms with Crippen LogP contribution in [0.1, 0.15) is 17.5 Å². The Labute approximate surface area is 89.2 Å². The molecule has 0 bridgehead atoms. The summed E-state index contributed by atoms with van der Waals surface area (Å²) in [5.41, 5.74) is 0. The van der Waals surface area contributed by atoms with Crippen LogP contribution in [0.15, 0.2) is 22.8 Å². The summed E-state index contributed by atoms with van der Waals surface area (Å²) in [5, 5.41) is 3.30. The minimum atomic E-state index is 0.0637. The highest BCUT2D eigenvalue weighted by molar-refractivity contribution is 5.95. The van der Waals surface area contributed by atoms with Crippen LogP contribution in [0.3, 0.4) is 0 Å². The molecule has 82 valence electrons. The van der Waals surface area contributed by atoms with Crippen molar-refractivity contribution in [2.45, 2.75) is 13.0 Å². The molecule has 1 aromatic heterocycles. The van der Waals surface area contributed by atoms with Gasteiger partial charge in [-0.15, -0.1) is 0 Å². The molecule has 0 saturated carbocycles. The number of hydrogen-bond donors (Lipinski definition) is 1. The lowest BCUT2D eigenvalue weighted by Crippen LogP contribution is -2.51. The van der Waals surface area contributed by atoms with Gasteiger partial charge in [-0.25, -0.2) is 0 Å². The number of furan rings is 1. The quantitative estimate of drug-likeness (QED) is 0.745. The first-order valence-electron chi connectivity index (χ1n) is 5.29. The Hall–Kier alpha value is -1.13. The number of rotatable bonds is 3. The first kappa shape index (κ1) is 10.4. The molecular weight excluding hydrogens is 192 g/mol. The summed E-state index contributed by atoms with van der Waals surface area (Å²) in [6.45, 7) is 5.41. The predicted molar refractivity (Wildman–Crippen MR) is 56.9 cm³/mol. The van der Waals surface area contributed by atoms with E-state index in [1.807, 2.05) is 0 Å². The second-order valence-electron chi connectivity index (χ2n) is 3.92. The van der Waals surface area contributed by atoms with Crippen molar-refractivity contribution < 1.29 is 9.21 Å². The molecule has 2 heterocycles. The van der Waals surface area contributed by atoms with Crippen LogP contribution in [0.4, 0.5) is 0 Å². The minimum absolute atomic E-state index is 0.0637. The van der Waals surface area contributed by atoms with Crippen LogP contribution < -0.4 is 5.32 Å². The zero-order valence-corrected chi connectivity index (χ0v) is 8.90. The van der Waals surface area contributed by atoms with Crippen molar-refractivity contribution in [2.75, 3.05) is 26.2 Å². The van der Waals surface area contributed by atoms with Crippen LogP contribution in [0.25, 0.3) is 0 Å². The molecule has 0 unspecified atom stereocenters. The van der Waals surface area contributed by atoms with E-state index in [1.54, 1.807) is 12.1 Å². The van der Waals surface area contributed by atoms with Crippen molar-refractivity contribution in [2.24, 2.45) is 0 Å². The molecule has 1 aliphatic rings. The average molecular weight is 208 g/mol. The fourth-order valence-corrected chi connectivity index (χ4v) is 1.82. The molecule has 1 saturated heterocycles. The lowest BCUT2D eigenvalue weighted by atomic mass is 10.2. The van der Waals surface area contributed by atoms with Crippen molar-refractivity contribution in [3.05, 3.63) is 24.2 Å². The molecule has 1 aromatic rings. The number of carbonyl (C=O) groups excluding carboxylic acids is 1. The second kappa shape index (κ2) is 4.59. The standard InChI is InChI=1S/C11H16N2O2/c1-9-7-12-4-5-13(9)8-10(14)11-3-2-6-15-11/h2-3,6,9,12H,4-5,7-8H2,1H3/t9-/m0/s1. The summed E-state index contributed by atoms with van der Waals surface area (Å²) < 4.78 is 5.08. The van der Waals surface area contributed by atoms with Crippen LogP contribution in [-0.2, 0) is 0 Å². The fraction of sp³-hybridized carbons (Fsp3) is 0.545. The molecule has 0 spiro atoms. The summed E-state index contributed by atoms with van der Waals surface area (Å²) in [6.07, 6.45) is 1.54. The van der Waals surface area contributed by atoms with Gasteiger partial charge in [0.2, 0.25) is 5.78 Å². The SMILES string of the molecule is C[C@H]1CNCCN1CC(=O)c1ccco1. The third kappa shape index (κ3) is 2.46. The first-order chi connectivity index (χ1) is 7.27.